The summed E-state index contributed by atoms with van der Waals surface area (Å²) in [4.78, 5) is 19.3. The fourth-order valence-corrected chi connectivity index (χ4v) is 4.03. The van der Waals surface area contributed by atoms with E-state index in [1.165, 1.54) is 22.7 Å². The molecule has 0 saturated heterocycles. The van der Waals surface area contributed by atoms with Crippen molar-refractivity contribution in [3.8, 4) is 0 Å². The van der Waals surface area contributed by atoms with Gasteiger partial charge >= 0.3 is 5.97 Å². The first kappa shape index (κ1) is 16.3. The zero-order valence-electron chi connectivity index (χ0n) is 12.1. The van der Waals surface area contributed by atoms with E-state index in [1.54, 1.807) is 0 Å². The predicted octanol–water partition coefficient (Wildman–Crippen LogP) is 4.71. The van der Waals surface area contributed by atoms with Crippen molar-refractivity contribution < 1.29 is 9.90 Å². The third-order valence-corrected chi connectivity index (χ3v) is 5.65. The van der Waals surface area contributed by atoms with Crippen LogP contribution in [0.15, 0.2) is 12.1 Å². The highest BCUT2D eigenvalue weighted by molar-refractivity contribution is 7.17. The average Bonchev–Trinajstić information content (AvgIpc) is 3.04. The summed E-state index contributed by atoms with van der Waals surface area (Å²) in [6, 6.07) is 3.84. The van der Waals surface area contributed by atoms with Crippen LogP contribution in [0.2, 0.25) is 4.34 Å². The lowest BCUT2D eigenvalue weighted by Gasteiger charge is -2.14. The molecule has 2 rings (SSSR count). The molecule has 0 aliphatic rings. The summed E-state index contributed by atoms with van der Waals surface area (Å²) in [6.45, 7) is 4.71. The molecule has 1 N–H and O–H groups in total. The van der Waals surface area contributed by atoms with Crippen molar-refractivity contribution in [2.45, 2.75) is 32.7 Å². The number of carboxylic acids is 1. The topological polar surface area (TPSA) is 53.4 Å². The summed E-state index contributed by atoms with van der Waals surface area (Å²) in [5.41, 5.74) is 0.682. The summed E-state index contributed by atoms with van der Waals surface area (Å²) in [7, 11) is 1.92. The van der Waals surface area contributed by atoms with Gasteiger partial charge in [-0.2, -0.15) is 0 Å². The first-order valence-corrected chi connectivity index (χ1v) is 8.62. The Morgan fingerprint density at radius 1 is 1.48 bits per heavy atom. The lowest BCUT2D eigenvalue weighted by atomic mass is 10.0. The minimum absolute atomic E-state index is 0.144. The van der Waals surface area contributed by atoms with Gasteiger partial charge in [0.25, 0.3) is 0 Å². The van der Waals surface area contributed by atoms with Crippen LogP contribution in [0.3, 0.4) is 0 Å². The molecule has 0 aliphatic heterocycles. The Bertz CT molecular complexity index is 639. The van der Waals surface area contributed by atoms with Gasteiger partial charge in [-0.1, -0.05) is 36.8 Å². The molecule has 21 heavy (non-hydrogen) atoms. The van der Waals surface area contributed by atoms with Crippen LogP contribution in [-0.4, -0.2) is 23.1 Å². The van der Waals surface area contributed by atoms with Gasteiger partial charge in [0.05, 0.1) is 16.6 Å². The molecule has 114 valence electrons. The van der Waals surface area contributed by atoms with E-state index in [4.69, 9.17) is 11.6 Å². The van der Waals surface area contributed by atoms with Gasteiger partial charge in [0, 0.05) is 11.9 Å². The smallest absolute Gasteiger partial charge is 0.347 e. The van der Waals surface area contributed by atoms with E-state index in [0.717, 1.165) is 20.8 Å². The highest BCUT2D eigenvalue weighted by Crippen LogP contribution is 2.33. The van der Waals surface area contributed by atoms with Crippen LogP contribution >= 0.6 is 34.3 Å². The molecule has 2 aromatic rings. The number of rotatable bonds is 6. The van der Waals surface area contributed by atoms with E-state index in [0.29, 0.717) is 17.1 Å². The van der Waals surface area contributed by atoms with Crippen molar-refractivity contribution in [3.63, 3.8) is 0 Å². The summed E-state index contributed by atoms with van der Waals surface area (Å²) >= 11 is 8.69. The molecule has 0 aliphatic carbocycles. The minimum Gasteiger partial charge on any atom is -0.477 e. The molecule has 7 heteroatoms. The number of hydrogen-bond acceptors (Lipinski definition) is 5. The quantitative estimate of drug-likeness (QED) is 0.824. The van der Waals surface area contributed by atoms with Gasteiger partial charge in [-0.3, -0.25) is 0 Å². The van der Waals surface area contributed by atoms with Gasteiger partial charge in [0.15, 0.2) is 5.13 Å². The third-order valence-electron chi connectivity index (χ3n) is 3.26. The molecule has 2 aromatic heterocycles. The van der Waals surface area contributed by atoms with Crippen LogP contribution in [0.1, 0.15) is 46.4 Å². The van der Waals surface area contributed by atoms with Crippen molar-refractivity contribution >= 4 is 45.4 Å². The van der Waals surface area contributed by atoms with Gasteiger partial charge in [-0.15, -0.1) is 11.3 Å². The summed E-state index contributed by atoms with van der Waals surface area (Å²) in [6.07, 6.45) is 0.869. The molecule has 0 aromatic carbocycles. The Morgan fingerprint density at radius 3 is 2.71 bits per heavy atom. The molecular formula is C14H17ClN2O2S2. The normalized spacial score (nSPS) is 12.4. The van der Waals surface area contributed by atoms with Gasteiger partial charge in [0.2, 0.25) is 0 Å². The van der Waals surface area contributed by atoms with Crippen LogP contribution < -0.4 is 4.90 Å². The maximum absolute atomic E-state index is 11.4. The Labute approximate surface area is 137 Å². The van der Waals surface area contributed by atoms with E-state index in [-0.39, 0.29) is 5.92 Å². The summed E-state index contributed by atoms with van der Waals surface area (Å²) < 4.78 is 0.754. The number of thiazole rings is 1. The molecule has 0 radical (unpaired) electrons. The molecule has 0 fully saturated rings. The van der Waals surface area contributed by atoms with Crippen LogP contribution in [0.4, 0.5) is 5.13 Å². The molecule has 4 nitrogen and oxygen atoms in total. The molecule has 0 saturated carbocycles. The molecule has 2 heterocycles. The number of anilines is 1. The second kappa shape index (κ2) is 6.77. The Balaban J connectivity index is 2.24. The van der Waals surface area contributed by atoms with Crippen molar-refractivity contribution in [2.24, 2.45) is 0 Å². The number of halogens is 1. The van der Waals surface area contributed by atoms with Crippen LogP contribution in [0.5, 0.6) is 0 Å². The number of nitrogens with zero attached hydrogens (tertiary/aromatic N) is 2. The lowest BCUT2D eigenvalue weighted by molar-refractivity contribution is 0.0700. The van der Waals surface area contributed by atoms with Gasteiger partial charge < -0.3 is 10.0 Å². The summed E-state index contributed by atoms with van der Waals surface area (Å²) in [5.74, 6) is -0.757. The second-order valence-corrected chi connectivity index (χ2v) is 7.66. The fraction of sp³-hybridized carbons (Fsp3) is 0.429. The van der Waals surface area contributed by atoms with Crippen molar-refractivity contribution in [1.29, 1.82) is 0 Å². The Kier molecular flexibility index (Phi) is 5.24. The zero-order chi connectivity index (χ0) is 15.6. The zero-order valence-corrected chi connectivity index (χ0v) is 14.5. The van der Waals surface area contributed by atoms with E-state index in [2.05, 4.69) is 4.98 Å². The second-order valence-electron chi connectivity index (χ2n) is 4.89. The third kappa shape index (κ3) is 3.75. The van der Waals surface area contributed by atoms with E-state index >= 15 is 0 Å². The van der Waals surface area contributed by atoms with Gasteiger partial charge in [0.1, 0.15) is 4.88 Å². The maximum Gasteiger partial charge on any atom is 0.347 e. The number of carbonyl (C=O) groups is 1. The Morgan fingerprint density at radius 2 is 2.19 bits per heavy atom. The lowest BCUT2D eigenvalue weighted by Crippen LogP contribution is -2.15. The Hall–Kier alpha value is -1.11. The van der Waals surface area contributed by atoms with E-state index < -0.39 is 5.97 Å². The number of thiophene rings is 1. The highest BCUT2D eigenvalue weighted by Gasteiger charge is 2.22. The van der Waals surface area contributed by atoms with Gasteiger partial charge in [-0.25, -0.2) is 9.78 Å². The molecule has 0 bridgehead atoms. The van der Waals surface area contributed by atoms with Gasteiger partial charge in [-0.05, 0) is 24.5 Å². The molecule has 0 spiro atoms. The number of hydrogen-bond donors (Lipinski definition) is 1. The number of carboxylic acid groups (broad SMARTS) is 1. The number of aromatic nitrogens is 1. The van der Waals surface area contributed by atoms with Crippen molar-refractivity contribution in [3.05, 3.63) is 31.9 Å². The van der Waals surface area contributed by atoms with Crippen molar-refractivity contribution in [1.82, 2.24) is 4.98 Å². The minimum atomic E-state index is -0.901. The van der Waals surface area contributed by atoms with Crippen LogP contribution in [0.25, 0.3) is 0 Å². The standard InChI is InChI=1S/C14H17ClN2O2S2/c1-4-8(2)11-12(13(18)19)21-14(16-11)17(3)7-9-5-6-10(15)20-9/h5-6,8H,4,7H2,1-3H3,(H,18,19). The fourth-order valence-electron chi connectivity index (χ4n) is 1.90. The summed E-state index contributed by atoms with van der Waals surface area (Å²) in [5, 5.41) is 10.1. The molecule has 1 atom stereocenters. The molecule has 1 unspecified atom stereocenters. The van der Waals surface area contributed by atoms with E-state index in [1.807, 2.05) is 37.9 Å². The first-order chi connectivity index (χ1) is 9.92. The molecular weight excluding hydrogens is 328 g/mol. The van der Waals surface area contributed by atoms with E-state index in [9.17, 15) is 9.90 Å². The average molecular weight is 345 g/mol. The predicted molar refractivity (Wildman–Crippen MR) is 89.2 cm³/mol. The largest absolute Gasteiger partial charge is 0.477 e. The van der Waals surface area contributed by atoms with Crippen molar-refractivity contribution in [2.75, 3.05) is 11.9 Å². The monoisotopic (exact) mass is 344 g/mol. The highest BCUT2D eigenvalue weighted by atomic mass is 35.5. The number of aromatic carboxylic acids is 1. The molecule has 0 amide bonds. The van der Waals surface area contributed by atoms with Crippen LogP contribution in [-0.2, 0) is 6.54 Å². The SMILES string of the molecule is CCC(C)c1nc(N(C)Cc2ccc(Cl)s2)sc1C(=O)O. The first-order valence-electron chi connectivity index (χ1n) is 6.61. The maximum atomic E-state index is 11.4. The van der Waals surface area contributed by atoms with Crippen LogP contribution in [0, 0.1) is 0 Å².